The Kier molecular flexibility index (Phi) is 5.22. The lowest BCUT2D eigenvalue weighted by Crippen LogP contribution is -2.40. The Morgan fingerprint density at radius 2 is 2.19 bits per heavy atom. The highest BCUT2D eigenvalue weighted by atomic mass is 16.3. The maximum Gasteiger partial charge on any atom is 0.0992 e. The molecule has 0 bridgehead atoms. The summed E-state index contributed by atoms with van der Waals surface area (Å²) in [7, 11) is 2.16. The molecule has 1 aliphatic rings. The highest BCUT2D eigenvalue weighted by Gasteiger charge is 2.25. The van der Waals surface area contributed by atoms with E-state index in [2.05, 4.69) is 29.8 Å². The maximum atomic E-state index is 10.1. The Labute approximate surface area is 127 Å². The normalized spacial score (nSPS) is 21.7. The first kappa shape index (κ1) is 15.8. The van der Waals surface area contributed by atoms with Crippen LogP contribution in [-0.4, -0.2) is 42.7 Å². The van der Waals surface area contributed by atoms with Crippen LogP contribution in [0.25, 0.3) is 0 Å². The fraction of sp³-hybridized carbons (Fsp3) is 0.588. The molecule has 0 aliphatic carbocycles. The molecule has 4 nitrogen and oxygen atoms in total. The van der Waals surface area contributed by atoms with E-state index in [0.717, 1.165) is 43.7 Å². The molecule has 0 saturated carbocycles. The third kappa shape index (κ3) is 3.55. The molecule has 1 unspecified atom stereocenters. The van der Waals surface area contributed by atoms with E-state index in [1.54, 1.807) is 13.0 Å². The number of benzene rings is 1. The number of rotatable bonds is 3. The summed E-state index contributed by atoms with van der Waals surface area (Å²) in [5.41, 5.74) is 2.59. The standard InChI is InChI=1S/C17H25N3O/c1-4-15-12-19(3)8-5-9-20(15)17-10-14(11-18)6-7-16(17)13(2)21/h6-7,10,13,15,21H,4-5,8-9,12H2,1-3H3/t13-,15?/m0/s1. The molecular formula is C17H25N3O. The quantitative estimate of drug-likeness (QED) is 0.928. The molecular weight excluding hydrogens is 262 g/mol. The van der Waals surface area contributed by atoms with Gasteiger partial charge in [-0.25, -0.2) is 0 Å². The van der Waals surface area contributed by atoms with Crippen molar-refractivity contribution in [2.45, 2.75) is 38.8 Å². The first-order chi connectivity index (χ1) is 10.1. The summed E-state index contributed by atoms with van der Waals surface area (Å²) in [5, 5.41) is 19.2. The van der Waals surface area contributed by atoms with E-state index in [1.165, 1.54) is 0 Å². The van der Waals surface area contributed by atoms with Crippen molar-refractivity contribution in [2.24, 2.45) is 0 Å². The minimum atomic E-state index is -0.522. The SMILES string of the molecule is CCC1CN(C)CCCN1c1cc(C#N)ccc1[C@H](C)O. The van der Waals surface area contributed by atoms with E-state index in [1.807, 2.05) is 12.1 Å². The Hall–Kier alpha value is -1.57. The number of nitriles is 1. The first-order valence-electron chi connectivity index (χ1n) is 7.74. The molecule has 2 atom stereocenters. The maximum absolute atomic E-state index is 10.1. The van der Waals surface area contributed by atoms with Crippen molar-refractivity contribution >= 4 is 5.69 Å². The summed E-state index contributed by atoms with van der Waals surface area (Å²) in [4.78, 5) is 4.75. The predicted octanol–water partition coefficient (Wildman–Crippen LogP) is 2.53. The lowest BCUT2D eigenvalue weighted by atomic mass is 10.0. The second-order valence-electron chi connectivity index (χ2n) is 5.93. The molecule has 1 aromatic carbocycles. The van der Waals surface area contributed by atoms with Crippen LogP contribution in [0.3, 0.4) is 0 Å². The fourth-order valence-corrected chi connectivity index (χ4v) is 3.13. The number of hydrogen-bond acceptors (Lipinski definition) is 4. The summed E-state index contributed by atoms with van der Waals surface area (Å²) >= 11 is 0. The van der Waals surface area contributed by atoms with Crippen LogP contribution in [0.15, 0.2) is 18.2 Å². The lowest BCUT2D eigenvalue weighted by Gasteiger charge is -2.34. The van der Waals surface area contributed by atoms with Crippen LogP contribution in [0.5, 0.6) is 0 Å². The van der Waals surface area contributed by atoms with Gasteiger partial charge in [0.15, 0.2) is 0 Å². The van der Waals surface area contributed by atoms with Gasteiger partial charge in [-0.05, 0) is 45.5 Å². The molecule has 114 valence electrons. The fourth-order valence-electron chi connectivity index (χ4n) is 3.13. The van der Waals surface area contributed by atoms with Gasteiger partial charge < -0.3 is 14.9 Å². The van der Waals surface area contributed by atoms with Crippen LogP contribution in [-0.2, 0) is 0 Å². The molecule has 2 rings (SSSR count). The van der Waals surface area contributed by atoms with Crippen LogP contribution in [0.1, 0.15) is 43.9 Å². The zero-order valence-corrected chi connectivity index (χ0v) is 13.2. The van der Waals surface area contributed by atoms with Crippen molar-refractivity contribution in [3.63, 3.8) is 0 Å². The van der Waals surface area contributed by atoms with Crippen LogP contribution >= 0.6 is 0 Å². The van der Waals surface area contributed by atoms with Gasteiger partial charge in [0.25, 0.3) is 0 Å². The Balaban J connectivity index is 2.44. The van der Waals surface area contributed by atoms with Gasteiger partial charge in [0.2, 0.25) is 0 Å². The summed E-state index contributed by atoms with van der Waals surface area (Å²) in [6.07, 6.45) is 1.63. The number of nitrogens with zero attached hydrogens (tertiary/aromatic N) is 3. The van der Waals surface area contributed by atoms with E-state index >= 15 is 0 Å². The summed E-state index contributed by atoms with van der Waals surface area (Å²) in [5.74, 6) is 0. The second kappa shape index (κ2) is 6.93. The molecule has 1 aliphatic heterocycles. The minimum absolute atomic E-state index is 0.420. The number of likely N-dealkylation sites (N-methyl/N-ethyl adjacent to an activating group) is 1. The Bertz CT molecular complexity index is 521. The zero-order chi connectivity index (χ0) is 15.4. The van der Waals surface area contributed by atoms with Gasteiger partial charge in [-0.1, -0.05) is 13.0 Å². The average Bonchev–Trinajstić information content (AvgIpc) is 2.67. The molecule has 0 radical (unpaired) electrons. The number of anilines is 1. The predicted molar refractivity (Wildman–Crippen MR) is 85.3 cm³/mol. The molecule has 0 aromatic heterocycles. The van der Waals surface area contributed by atoms with Crippen LogP contribution in [0.4, 0.5) is 5.69 Å². The van der Waals surface area contributed by atoms with Gasteiger partial charge in [-0.3, -0.25) is 0 Å². The van der Waals surface area contributed by atoms with Crippen molar-refractivity contribution in [2.75, 3.05) is 31.6 Å². The van der Waals surface area contributed by atoms with Crippen molar-refractivity contribution in [3.8, 4) is 6.07 Å². The van der Waals surface area contributed by atoms with Crippen molar-refractivity contribution in [3.05, 3.63) is 29.3 Å². The van der Waals surface area contributed by atoms with Gasteiger partial charge in [0, 0.05) is 30.4 Å². The highest BCUT2D eigenvalue weighted by Crippen LogP contribution is 2.31. The molecule has 4 heteroatoms. The number of aliphatic hydroxyl groups is 1. The topological polar surface area (TPSA) is 50.5 Å². The van der Waals surface area contributed by atoms with Crippen LogP contribution in [0.2, 0.25) is 0 Å². The van der Waals surface area contributed by atoms with Crippen LogP contribution in [0, 0.1) is 11.3 Å². The van der Waals surface area contributed by atoms with Gasteiger partial charge in [-0.2, -0.15) is 5.26 Å². The van der Waals surface area contributed by atoms with Crippen molar-refractivity contribution in [1.29, 1.82) is 5.26 Å². The number of hydrogen-bond donors (Lipinski definition) is 1. The molecule has 1 N–H and O–H groups in total. The van der Waals surface area contributed by atoms with Gasteiger partial charge >= 0.3 is 0 Å². The summed E-state index contributed by atoms with van der Waals surface area (Å²) in [6.45, 7) is 7.07. The zero-order valence-electron chi connectivity index (χ0n) is 13.2. The Morgan fingerprint density at radius 3 is 2.81 bits per heavy atom. The monoisotopic (exact) mass is 287 g/mol. The highest BCUT2D eigenvalue weighted by molar-refractivity contribution is 5.59. The molecule has 0 spiro atoms. The molecule has 21 heavy (non-hydrogen) atoms. The smallest absolute Gasteiger partial charge is 0.0992 e. The molecule has 1 fully saturated rings. The van der Waals surface area contributed by atoms with Gasteiger partial charge in [0.05, 0.1) is 17.7 Å². The third-order valence-electron chi connectivity index (χ3n) is 4.29. The molecule has 1 saturated heterocycles. The Morgan fingerprint density at radius 1 is 1.43 bits per heavy atom. The van der Waals surface area contributed by atoms with E-state index in [4.69, 9.17) is 0 Å². The molecule has 1 heterocycles. The van der Waals surface area contributed by atoms with E-state index in [9.17, 15) is 10.4 Å². The lowest BCUT2D eigenvalue weighted by molar-refractivity contribution is 0.199. The van der Waals surface area contributed by atoms with E-state index < -0.39 is 6.10 Å². The largest absolute Gasteiger partial charge is 0.389 e. The van der Waals surface area contributed by atoms with Crippen LogP contribution < -0.4 is 4.90 Å². The van der Waals surface area contributed by atoms with Crippen molar-refractivity contribution in [1.82, 2.24) is 4.90 Å². The second-order valence-corrected chi connectivity index (χ2v) is 5.93. The average molecular weight is 287 g/mol. The van der Waals surface area contributed by atoms with E-state index in [0.29, 0.717) is 11.6 Å². The summed E-state index contributed by atoms with van der Waals surface area (Å²) in [6, 6.07) is 8.23. The summed E-state index contributed by atoms with van der Waals surface area (Å²) < 4.78 is 0. The first-order valence-corrected chi connectivity index (χ1v) is 7.74. The molecule has 0 amide bonds. The van der Waals surface area contributed by atoms with Crippen molar-refractivity contribution < 1.29 is 5.11 Å². The minimum Gasteiger partial charge on any atom is -0.389 e. The third-order valence-corrected chi connectivity index (χ3v) is 4.29. The van der Waals surface area contributed by atoms with Gasteiger partial charge in [-0.15, -0.1) is 0 Å². The number of aliphatic hydroxyl groups excluding tert-OH is 1. The van der Waals surface area contributed by atoms with E-state index in [-0.39, 0.29) is 0 Å². The molecule has 1 aromatic rings. The van der Waals surface area contributed by atoms with Gasteiger partial charge in [0.1, 0.15) is 0 Å².